The zero-order valence-electron chi connectivity index (χ0n) is 12.9. The summed E-state index contributed by atoms with van der Waals surface area (Å²) in [4.78, 5) is 19.4. The number of likely N-dealkylation sites (tertiary alicyclic amines) is 1. The van der Waals surface area contributed by atoms with Gasteiger partial charge in [-0.2, -0.15) is 5.10 Å². The Morgan fingerprint density at radius 2 is 2.14 bits per heavy atom. The van der Waals surface area contributed by atoms with Crippen LogP contribution in [0.1, 0.15) is 23.9 Å². The van der Waals surface area contributed by atoms with Crippen LogP contribution >= 0.6 is 11.8 Å². The van der Waals surface area contributed by atoms with Crippen LogP contribution in [0.15, 0.2) is 35.5 Å². The highest BCUT2D eigenvalue weighted by molar-refractivity contribution is 8.00. The van der Waals surface area contributed by atoms with Crippen molar-refractivity contribution in [3.8, 4) is 0 Å². The number of aryl methyl sites for hydroxylation is 2. The van der Waals surface area contributed by atoms with Gasteiger partial charge < -0.3 is 4.90 Å². The number of amides is 1. The van der Waals surface area contributed by atoms with Crippen molar-refractivity contribution in [3.63, 3.8) is 0 Å². The number of thioether (sulfide) groups is 1. The van der Waals surface area contributed by atoms with E-state index in [9.17, 15) is 4.79 Å². The molecule has 116 valence electrons. The quantitative estimate of drug-likeness (QED) is 0.813. The van der Waals surface area contributed by atoms with Crippen LogP contribution in [0, 0.1) is 13.8 Å². The molecule has 1 aliphatic rings. The molecular weight excluding hydrogens is 296 g/mol. The Hall–Kier alpha value is -1.82. The minimum atomic E-state index is 0.200. The van der Waals surface area contributed by atoms with Gasteiger partial charge in [0.25, 0.3) is 0 Å². The molecule has 3 heterocycles. The molecule has 0 N–H and O–H groups in total. The molecule has 0 aliphatic carbocycles. The van der Waals surface area contributed by atoms with Crippen molar-refractivity contribution in [1.82, 2.24) is 19.7 Å². The molecule has 6 heteroatoms. The lowest BCUT2D eigenvalue weighted by atomic mass is 10.2. The third kappa shape index (κ3) is 3.32. The van der Waals surface area contributed by atoms with E-state index in [0.717, 1.165) is 30.1 Å². The molecule has 5 nitrogen and oxygen atoms in total. The monoisotopic (exact) mass is 316 g/mol. The first-order chi connectivity index (χ1) is 10.6. The van der Waals surface area contributed by atoms with Gasteiger partial charge in [-0.1, -0.05) is 0 Å². The summed E-state index contributed by atoms with van der Waals surface area (Å²) in [5.74, 6) is 0.680. The Bertz CT molecular complexity index is 655. The van der Waals surface area contributed by atoms with Crippen LogP contribution in [0.5, 0.6) is 0 Å². The molecule has 2 aromatic heterocycles. The van der Waals surface area contributed by atoms with E-state index >= 15 is 0 Å². The molecule has 0 saturated carbocycles. The van der Waals surface area contributed by atoms with Gasteiger partial charge in [0.15, 0.2) is 0 Å². The Morgan fingerprint density at radius 1 is 1.36 bits per heavy atom. The van der Waals surface area contributed by atoms with Crippen LogP contribution < -0.4 is 0 Å². The predicted octanol–water partition coefficient (Wildman–Crippen LogP) is 2.46. The number of nitrogens with zero attached hydrogens (tertiary/aromatic N) is 4. The average Bonchev–Trinajstić information content (AvgIpc) is 3.12. The van der Waals surface area contributed by atoms with Crippen LogP contribution in [0.25, 0.3) is 0 Å². The zero-order chi connectivity index (χ0) is 15.5. The summed E-state index contributed by atoms with van der Waals surface area (Å²) in [5.41, 5.74) is 2.21. The van der Waals surface area contributed by atoms with Crippen molar-refractivity contribution < 1.29 is 4.79 Å². The predicted molar refractivity (Wildman–Crippen MR) is 86.9 cm³/mol. The molecular formula is C16H20N4OS. The molecule has 1 aliphatic heterocycles. The van der Waals surface area contributed by atoms with Gasteiger partial charge in [-0.05, 0) is 38.5 Å². The van der Waals surface area contributed by atoms with Gasteiger partial charge in [0, 0.05) is 36.1 Å². The Kier molecular flexibility index (Phi) is 4.47. The van der Waals surface area contributed by atoms with Crippen LogP contribution in [-0.2, 0) is 4.79 Å². The molecule has 3 rings (SSSR count). The summed E-state index contributed by atoms with van der Waals surface area (Å²) in [5, 5.41) is 4.55. The smallest absolute Gasteiger partial charge is 0.233 e. The Labute approximate surface area is 134 Å². The number of carbonyl (C=O) groups is 1. The van der Waals surface area contributed by atoms with Crippen molar-refractivity contribution in [2.45, 2.75) is 31.2 Å². The molecule has 1 fully saturated rings. The van der Waals surface area contributed by atoms with Gasteiger partial charge in [-0.25, -0.2) is 0 Å². The highest BCUT2D eigenvalue weighted by atomic mass is 32.2. The second-order valence-corrected chi connectivity index (χ2v) is 6.67. The number of hydrogen-bond acceptors (Lipinski definition) is 4. The summed E-state index contributed by atoms with van der Waals surface area (Å²) in [6, 6.07) is 6.26. The third-order valence-electron chi connectivity index (χ3n) is 3.92. The molecule has 1 saturated heterocycles. The normalized spacial score (nSPS) is 17.9. The molecule has 0 spiro atoms. The van der Waals surface area contributed by atoms with Gasteiger partial charge in [0.05, 0.1) is 17.5 Å². The van der Waals surface area contributed by atoms with E-state index in [1.807, 2.05) is 24.0 Å². The zero-order valence-corrected chi connectivity index (χ0v) is 13.7. The van der Waals surface area contributed by atoms with Crippen LogP contribution in [0.4, 0.5) is 0 Å². The lowest BCUT2D eigenvalue weighted by Gasteiger charge is -2.17. The standard InChI is InChI=1S/C16H20N4OS/c1-12-9-13(2)20(18-12)14-5-8-19(10-14)16(21)11-22-15-3-6-17-7-4-15/h3-4,6-7,9,14H,5,8,10-11H2,1-2H3. The molecule has 1 unspecified atom stereocenters. The maximum atomic E-state index is 12.3. The maximum absolute atomic E-state index is 12.3. The van der Waals surface area contributed by atoms with E-state index in [-0.39, 0.29) is 5.91 Å². The first-order valence-corrected chi connectivity index (χ1v) is 8.45. The van der Waals surface area contributed by atoms with Crippen molar-refractivity contribution in [3.05, 3.63) is 42.0 Å². The number of pyridine rings is 1. The molecule has 0 radical (unpaired) electrons. The summed E-state index contributed by atoms with van der Waals surface area (Å²) in [7, 11) is 0. The SMILES string of the molecule is Cc1cc(C)n(C2CCN(C(=O)CSc3ccncc3)C2)n1. The molecule has 0 bridgehead atoms. The first kappa shape index (κ1) is 15.1. The van der Waals surface area contributed by atoms with Gasteiger partial charge >= 0.3 is 0 Å². The van der Waals surface area contributed by atoms with Gasteiger partial charge in [0.2, 0.25) is 5.91 Å². The Balaban J connectivity index is 1.56. The highest BCUT2D eigenvalue weighted by Crippen LogP contribution is 2.24. The van der Waals surface area contributed by atoms with Crippen molar-refractivity contribution in [2.75, 3.05) is 18.8 Å². The van der Waals surface area contributed by atoms with E-state index in [0.29, 0.717) is 11.8 Å². The van der Waals surface area contributed by atoms with E-state index in [1.165, 1.54) is 5.69 Å². The summed E-state index contributed by atoms with van der Waals surface area (Å²) >= 11 is 1.57. The average molecular weight is 316 g/mol. The molecule has 22 heavy (non-hydrogen) atoms. The third-order valence-corrected chi connectivity index (χ3v) is 4.92. The van der Waals surface area contributed by atoms with Crippen LogP contribution in [-0.4, -0.2) is 44.4 Å². The van der Waals surface area contributed by atoms with Crippen LogP contribution in [0.3, 0.4) is 0 Å². The summed E-state index contributed by atoms with van der Waals surface area (Å²) in [6.07, 6.45) is 4.48. The minimum absolute atomic E-state index is 0.200. The highest BCUT2D eigenvalue weighted by Gasteiger charge is 2.28. The fourth-order valence-electron chi connectivity index (χ4n) is 2.85. The topological polar surface area (TPSA) is 51.0 Å². The number of rotatable bonds is 4. The second-order valence-electron chi connectivity index (χ2n) is 5.63. The molecule has 0 aromatic carbocycles. The fourth-order valence-corrected chi connectivity index (χ4v) is 3.64. The lowest BCUT2D eigenvalue weighted by Crippen LogP contribution is -2.30. The largest absolute Gasteiger partial charge is 0.340 e. The first-order valence-electron chi connectivity index (χ1n) is 7.47. The minimum Gasteiger partial charge on any atom is -0.340 e. The molecule has 1 amide bonds. The fraction of sp³-hybridized carbons (Fsp3) is 0.438. The molecule has 1 atom stereocenters. The van der Waals surface area contributed by atoms with Gasteiger partial charge in [-0.15, -0.1) is 11.8 Å². The Morgan fingerprint density at radius 3 is 2.82 bits per heavy atom. The summed E-state index contributed by atoms with van der Waals surface area (Å²) < 4.78 is 2.07. The van der Waals surface area contributed by atoms with Gasteiger partial charge in [-0.3, -0.25) is 14.5 Å². The van der Waals surface area contributed by atoms with E-state index < -0.39 is 0 Å². The number of carbonyl (C=O) groups excluding carboxylic acids is 1. The summed E-state index contributed by atoms with van der Waals surface area (Å²) in [6.45, 7) is 5.66. The van der Waals surface area contributed by atoms with Crippen molar-refractivity contribution in [1.29, 1.82) is 0 Å². The van der Waals surface area contributed by atoms with E-state index in [2.05, 4.69) is 27.8 Å². The maximum Gasteiger partial charge on any atom is 0.233 e. The second kappa shape index (κ2) is 6.52. The van der Waals surface area contributed by atoms with E-state index in [4.69, 9.17) is 0 Å². The number of aromatic nitrogens is 3. The van der Waals surface area contributed by atoms with Crippen molar-refractivity contribution in [2.24, 2.45) is 0 Å². The van der Waals surface area contributed by atoms with E-state index in [1.54, 1.807) is 24.2 Å². The molecule has 2 aromatic rings. The van der Waals surface area contributed by atoms with Crippen molar-refractivity contribution >= 4 is 17.7 Å². The van der Waals surface area contributed by atoms with Gasteiger partial charge in [0.1, 0.15) is 0 Å². The lowest BCUT2D eigenvalue weighted by molar-refractivity contribution is -0.127. The number of hydrogen-bond donors (Lipinski definition) is 0. The van der Waals surface area contributed by atoms with Crippen LogP contribution in [0.2, 0.25) is 0 Å².